The molecule has 0 aromatic carbocycles. The molecule has 5 heteroatoms. The summed E-state index contributed by atoms with van der Waals surface area (Å²) in [6.07, 6.45) is 6.48. The number of hydrogen-bond acceptors (Lipinski definition) is 4. The fourth-order valence-electron chi connectivity index (χ4n) is 1.51. The quantitative estimate of drug-likeness (QED) is 0.643. The predicted molar refractivity (Wildman–Crippen MR) is 61.0 cm³/mol. The number of ether oxygens (including phenoxy) is 1. The number of esters is 1. The van der Waals surface area contributed by atoms with Gasteiger partial charge in [0.15, 0.2) is 0 Å². The van der Waals surface area contributed by atoms with E-state index >= 15 is 0 Å². The lowest BCUT2D eigenvalue weighted by molar-refractivity contribution is -0.141. The highest BCUT2D eigenvalue weighted by Crippen LogP contribution is 1.95. The Hall–Kier alpha value is -1.36. The van der Waals surface area contributed by atoms with Gasteiger partial charge in [-0.3, -0.25) is 9.69 Å². The van der Waals surface area contributed by atoms with Crippen molar-refractivity contribution in [2.24, 2.45) is 0 Å². The van der Waals surface area contributed by atoms with E-state index in [-0.39, 0.29) is 5.97 Å². The number of rotatable bonds is 7. The van der Waals surface area contributed by atoms with Gasteiger partial charge in [-0.1, -0.05) is 6.92 Å². The highest BCUT2D eigenvalue weighted by Gasteiger charge is 2.09. The van der Waals surface area contributed by atoms with Crippen molar-refractivity contribution in [2.45, 2.75) is 19.9 Å². The second kappa shape index (κ2) is 7.00. The summed E-state index contributed by atoms with van der Waals surface area (Å²) in [6.45, 7) is 5.04. The summed E-state index contributed by atoms with van der Waals surface area (Å²) < 4.78 is 6.66. The summed E-state index contributed by atoms with van der Waals surface area (Å²) in [4.78, 5) is 17.2. The number of nitrogens with zero attached hydrogens (tertiary/aromatic N) is 3. The van der Waals surface area contributed by atoms with E-state index in [2.05, 4.69) is 21.5 Å². The van der Waals surface area contributed by atoms with Gasteiger partial charge in [-0.05, 0) is 13.0 Å². The Balaban J connectivity index is 2.35. The van der Waals surface area contributed by atoms with Crippen LogP contribution in [0.25, 0.3) is 0 Å². The Morgan fingerprint density at radius 3 is 2.88 bits per heavy atom. The molecule has 0 unspecified atom stereocenters. The Morgan fingerprint density at radius 1 is 1.50 bits per heavy atom. The van der Waals surface area contributed by atoms with Crippen LogP contribution in [0.3, 0.4) is 0 Å². The van der Waals surface area contributed by atoms with Crippen molar-refractivity contribution >= 4 is 5.97 Å². The lowest BCUT2D eigenvalue weighted by Crippen LogP contribution is -2.33. The normalized spacial score (nSPS) is 10.7. The molecular weight excluding hydrogens is 206 g/mol. The van der Waals surface area contributed by atoms with E-state index in [1.807, 2.05) is 10.8 Å². The molecular formula is C11H19N3O2. The predicted octanol–water partition coefficient (Wildman–Crippen LogP) is 0.768. The molecule has 0 atom stereocenters. The van der Waals surface area contributed by atoms with Crippen LogP contribution in [0.15, 0.2) is 18.7 Å². The fourth-order valence-corrected chi connectivity index (χ4v) is 1.51. The van der Waals surface area contributed by atoms with E-state index < -0.39 is 0 Å². The highest BCUT2D eigenvalue weighted by molar-refractivity contribution is 5.71. The van der Waals surface area contributed by atoms with Crippen molar-refractivity contribution in [3.05, 3.63) is 18.7 Å². The van der Waals surface area contributed by atoms with Gasteiger partial charge in [0.05, 0.1) is 20.0 Å². The van der Waals surface area contributed by atoms with Gasteiger partial charge in [0.2, 0.25) is 0 Å². The van der Waals surface area contributed by atoms with E-state index in [0.29, 0.717) is 6.54 Å². The summed E-state index contributed by atoms with van der Waals surface area (Å²) in [5.74, 6) is -0.181. The molecule has 0 spiro atoms. The minimum Gasteiger partial charge on any atom is -0.468 e. The van der Waals surface area contributed by atoms with E-state index in [1.165, 1.54) is 7.11 Å². The largest absolute Gasteiger partial charge is 0.468 e. The molecule has 1 aromatic rings. The molecule has 16 heavy (non-hydrogen) atoms. The molecule has 0 radical (unpaired) electrons. The monoisotopic (exact) mass is 225 g/mol. The molecule has 0 aliphatic carbocycles. The van der Waals surface area contributed by atoms with E-state index in [1.54, 1.807) is 12.5 Å². The minimum absolute atomic E-state index is 0.181. The van der Waals surface area contributed by atoms with Crippen molar-refractivity contribution in [3.63, 3.8) is 0 Å². The lowest BCUT2D eigenvalue weighted by Gasteiger charge is -2.20. The number of hydrogen-bond donors (Lipinski definition) is 0. The summed E-state index contributed by atoms with van der Waals surface area (Å²) in [6, 6.07) is 0. The van der Waals surface area contributed by atoms with Crippen molar-refractivity contribution in [1.29, 1.82) is 0 Å². The lowest BCUT2D eigenvalue weighted by atomic mass is 10.4. The van der Waals surface area contributed by atoms with Gasteiger partial charge in [-0.25, -0.2) is 4.98 Å². The number of aromatic nitrogens is 2. The van der Waals surface area contributed by atoms with Gasteiger partial charge in [-0.2, -0.15) is 0 Å². The van der Waals surface area contributed by atoms with Crippen molar-refractivity contribution in [3.8, 4) is 0 Å². The molecule has 0 amide bonds. The Bertz CT molecular complexity index is 298. The minimum atomic E-state index is -0.181. The molecule has 5 nitrogen and oxygen atoms in total. The molecule has 0 aliphatic rings. The molecule has 1 rings (SSSR count). The first-order valence-corrected chi connectivity index (χ1v) is 5.51. The second-order valence-electron chi connectivity index (χ2n) is 3.65. The highest BCUT2D eigenvalue weighted by atomic mass is 16.5. The van der Waals surface area contributed by atoms with Crippen LogP contribution in [0, 0.1) is 0 Å². The first-order chi connectivity index (χ1) is 7.76. The topological polar surface area (TPSA) is 47.4 Å². The maximum absolute atomic E-state index is 11.2. The van der Waals surface area contributed by atoms with Crippen molar-refractivity contribution < 1.29 is 9.53 Å². The molecule has 0 saturated heterocycles. The van der Waals surface area contributed by atoms with Crippen molar-refractivity contribution in [1.82, 2.24) is 14.5 Å². The molecule has 1 heterocycles. The summed E-state index contributed by atoms with van der Waals surface area (Å²) in [5, 5.41) is 0. The zero-order valence-electron chi connectivity index (χ0n) is 9.93. The fraction of sp³-hybridized carbons (Fsp3) is 0.636. The number of carbonyl (C=O) groups is 1. The number of imidazole rings is 1. The maximum Gasteiger partial charge on any atom is 0.319 e. The molecule has 0 fully saturated rings. The van der Waals surface area contributed by atoms with E-state index in [0.717, 1.165) is 26.1 Å². The van der Waals surface area contributed by atoms with E-state index in [9.17, 15) is 4.79 Å². The van der Waals surface area contributed by atoms with Crippen LogP contribution >= 0.6 is 0 Å². The van der Waals surface area contributed by atoms with Crippen LogP contribution in [-0.4, -0.2) is 47.2 Å². The average molecular weight is 225 g/mol. The zero-order valence-corrected chi connectivity index (χ0v) is 9.93. The van der Waals surface area contributed by atoms with Crippen LogP contribution in [0.4, 0.5) is 0 Å². The van der Waals surface area contributed by atoms with Crippen LogP contribution in [0.1, 0.15) is 13.3 Å². The summed E-state index contributed by atoms with van der Waals surface area (Å²) in [7, 11) is 1.42. The van der Waals surface area contributed by atoms with Gasteiger partial charge < -0.3 is 9.30 Å². The molecule has 0 N–H and O–H groups in total. The summed E-state index contributed by atoms with van der Waals surface area (Å²) >= 11 is 0. The maximum atomic E-state index is 11.2. The molecule has 90 valence electrons. The van der Waals surface area contributed by atoms with Gasteiger partial charge in [0, 0.05) is 25.5 Å². The SMILES string of the molecule is CCCN(CCn1ccnc1)CC(=O)OC. The van der Waals surface area contributed by atoms with Crippen LogP contribution in [-0.2, 0) is 16.1 Å². The first-order valence-electron chi connectivity index (χ1n) is 5.51. The zero-order chi connectivity index (χ0) is 11.8. The Labute approximate surface area is 96.0 Å². The van der Waals surface area contributed by atoms with Crippen LogP contribution in [0.5, 0.6) is 0 Å². The Morgan fingerprint density at radius 2 is 2.31 bits per heavy atom. The Kier molecular flexibility index (Phi) is 5.56. The third-order valence-electron chi connectivity index (χ3n) is 2.35. The molecule has 0 bridgehead atoms. The van der Waals surface area contributed by atoms with Crippen molar-refractivity contribution in [2.75, 3.05) is 26.7 Å². The van der Waals surface area contributed by atoms with Crippen LogP contribution < -0.4 is 0 Å². The smallest absolute Gasteiger partial charge is 0.319 e. The molecule has 1 aromatic heterocycles. The standard InChI is InChI=1S/C11H19N3O2/c1-3-5-13(9-11(15)16-2)7-8-14-6-4-12-10-14/h4,6,10H,3,5,7-9H2,1-2H3. The van der Waals surface area contributed by atoms with Gasteiger partial charge in [-0.15, -0.1) is 0 Å². The van der Waals surface area contributed by atoms with Crippen LogP contribution in [0.2, 0.25) is 0 Å². The second-order valence-corrected chi connectivity index (χ2v) is 3.65. The van der Waals surface area contributed by atoms with E-state index in [4.69, 9.17) is 0 Å². The molecule has 0 saturated carbocycles. The summed E-state index contributed by atoms with van der Waals surface area (Å²) in [5.41, 5.74) is 0. The van der Waals surface area contributed by atoms with Gasteiger partial charge in [0.1, 0.15) is 0 Å². The number of carbonyl (C=O) groups excluding carboxylic acids is 1. The third kappa shape index (κ3) is 4.44. The van der Waals surface area contributed by atoms with Gasteiger partial charge >= 0.3 is 5.97 Å². The first kappa shape index (κ1) is 12.7. The number of methoxy groups -OCH3 is 1. The average Bonchev–Trinajstić information content (AvgIpc) is 2.79. The third-order valence-corrected chi connectivity index (χ3v) is 2.35. The molecule has 0 aliphatic heterocycles. The van der Waals surface area contributed by atoms with Gasteiger partial charge in [0.25, 0.3) is 0 Å².